The predicted octanol–water partition coefficient (Wildman–Crippen LogP) is 6.92. The lowest BCUT2D eigenvalue weighted by atomic mass is 10.2. The third-order valence-electron chi connectivity index (χ3n) is 5.10. The Bertz CT molecular complexity index is 1300. The van der Waals surface area contributed by atoms with E-state index in [0.29, 0.717) is 27.8 Å². The van der Waals surface area contributed by atoms with Gasteiger partial charge in [-0.15, -0.1) is 0 Å². The second kappa shape index (κ2) is 21.2. The smallest absolute Gasteiger partial charge is 0.335 e. The molecule has 0 heterocycles. The number of benzene rings is 5. The molecule has 0 saturated carbocycles. The molecule has 10 nitrogen and oxygen atoms in total. The highest BCUT2D eigenvalue weighted by molar-refractivity contribution is 5.89. The number of carboxylic acids is 5. The van der Waals surface area contributed by atoms with Gasteiger partial charge in [-0.25, -0.2) is 24.0 Å². The number of hydrogen-bond acceptors (Lipinski definition) is 5. The van der Waals surface area contributed by atoms with E-state index in [1.807, 2.05) is 0 Å². The summed E-state index contributed by atoms with van der Waals surface area (Å²) in [5.74, 6) is -4.40. The van der Waals surface area contributed by atoms with E-state index < -0.39 is 29.8 Å². The molecule has 0 aliphatic rings. The fourth-order valence-corrected chi connectivity index (χ4v) is 2.90. The molecule has 45 heavy (non-hydrogen) atoms. The number of hydrogen-bond donors (Lipinski definition) is 5. The average molecular weight is 611 g/mol. The van der Waals surface area contributed by atoms with Crippen molar-refractivity contribution >= 4 is 29.8 Å². The molecule has 0 atom stereocenters. The molecule has 0 aliphatic heterocycles. The molecule has 0 bridgehead atoms. The van der Waals surface area contributed by atoms with E-state index in [2.05, 4.69) is 0 Å². The van der Waals surface area contributed by atoms with E-state index >= 15 is 0 Å². The standard InChI is InChI=1S/5C7H6O2/c5*8-7(9)6-4-2-1-3-5-6/h5*1-5H,(H,8,9). The van der Waals surface area contributed by atoms with Crippen molar-refractivity contribution < 1.29 is 49.5 Å². The Hall–Kier alpha value is -6.55. The number of carbonyl (C=O) groups is 5. The van der Waals surface area contributed by atoms with Crippen LogP contribution in [0.15, 0.2) is 152 Å². The minimum atomic E-state index is -0.879. The van der Waals surface area contributed by atoms with E-state index in [0.717, 1.165) is 0 Å². The van der Waals surface area contributed by atoms with Crippen LogP contribution in [-0.2, 0) is 0 Å². The lowest BCUT2D eigenvalue weighted by Gasteiger charge is -1.88. The summed E-state index contributed by atoms with van der Waals surface area (Å²) in [6, 6.07) is 41.5. The Morgan fingerprint density at radius 1 is 0.244 bits per heavy atom. The van der Waals surface area contributed by atoms with E-state index in [1.165, 1.54) is 0 Å². The molecular weight excluding hydrogens is 580 g/mol. The first kappa shape index (κ1) is 36.5. The highest BCUT2D eigenvalue weighted by atomic mass is 16.4. The second-order valence-electron chi connectivity index (χ2n) is 8.36. The number of rotatable bonds is 5. The number of aromatic carboxylic acids is 5. The van der Waals surface area contributed by atoms with Gasteiger partial charge < -0.3 is 25.5 Å². The Labute approximate surface area is 258 Å². The normalized spacial score (nSPS) is 8.89. The minimum absolute atomic E-state index is 0.331. The van der Waals surface area contributed by atoms with Crippen LogP contribution in [0.1, 0.15) is 51.8 Å². The van der Waals surface area contributed by atoms with Crippen LogP contribution in [0.4, 0.5) is 0 Å². The summed E-state index contributed by atoms with van der Waals surface area (Å²) >= 11 is 0. The maximum atomic E-state index is 10.2. The van der Waals surface area contributed by atoms with Crippen LogP contribution < -0.4 is 0 Å². The molecule has 5 rings (SSSR count). The monoisotopic (exact) mass is 610 g/mol. The van der Waals surface area contributed by atoms with Gasteiger partial charge in [0.05, 0.1) is 27.8 Å². The molecule has 0 radical (unpaired) electrons. The molecule has 0 fully saturated rings. The van der Waals surface area contributed by atoms with Gasteiger partial charge in [-0.3, -0.25) is 0 Å². The Balaban J connectivity index is 0.000000281. The first-order chi connectivity index (χ1) is 21.5. The first-order valence-corrected chi connectivity index (χ1v) is 12.9. The molecule has 5 N–H and O–H groups in total. The van der Waals surface area contributed by atoms with Crippen LogP contribution in [0.25, 0.3) is 0 Å². The van der Waals surface area contributed by atoms with Gasteiger partial charge in [-0.05, 0) is 60.7 Å². The first-order valence-electron chi connectivity index (χ1n) is 12.9. The van der Waals surface area contributed by atoms with E-state index in [4.69, 9.17) is 25.5 Å². The van der Waals surface area contributed by atoms with E-state index in [9.17, 15) is 24.0 Å². The molecule has 0 aliphatic carbocycles. The summed E-state index contributed by atoms with van der Waals surface area (Å²) in [7, 11) is 0. The lowest BCUT2D eigenvalue weighted by molar-refractivity contribution is 0.0686. The van der Waals surface area contributed by atoms with Crippen molar-refractivity contribution in [1.82, 2.24) is 0 Å². The zero-order valence-electron chi connectivity index (χ0n) is 23.7. The number of carboxylic acid groups (broad SMARTS) is 5. The summed E-state index contributed by atoms with van der Waals surface area (Å²) in [5, 5.41) is 41.9. The van der Waals surface area contributed by atoms with Gasteiger partial charge in [0.1, 0.15) is 0 Å². The molecule has 230 valence electrons. The van der Waals surface area contributed by atoms with Crippen molar-refractivity contribution in [3.05, 3.63) is 179 Å². The summed E-state index contributed by atoms with van der Waals surface area (Å²) in [5.41, 5.74) is 1.66. The van der Waals surface area contributed by atoms with Gasteiger partial charge in [0.2, 0.25) is 0 Å². The highest BCUT2D eigenvalue weighted by Gasteiger charge is 1.99. The predicted molar refractivity (Wildman–Crippen MR) is 167 cm³/mol. The second-order valence-corrected chi connectivity index (χ2v) is 8.36. The molecular formula is C35H30O10. The van der Waals surface area contributed by atoms with Gasteiger partial charge in [0, 0.05) is 0 Å². The summed E-state index contributed by atoms with van der Waals surface area (Å²) in [6.07, 6.45) is 0. The van der Waals surface area contributed by atoms with Crippen molar-refractivity contribution in [3.8, 4) is 0 Å². The van der Waals surface area contributed by atoms with E-state index in [1.54, 1.807) is 152 Å². The van der Waals surface area contributed by atoms with Crippen LogP contribution in [0.3, 0.4) is 0 Å². The Morgan fingerprint density at radius 3 is 0.422 bits per heavy atom. The van der Waals surface area contributed by atoms with Gasteiger partial charge in [0.15, 0.2) is 0 Å². The van der Waals surface area contributed by atoms with Gasteiger partial charge in [-0.2, -0.15) is 0 Å². The summed E-state index contributed by atoms with van der Waals surface area (Å²) < 4.78 is 0. The molecule has 5 aromatic rings. The van der Waals surface area contributed by atoms with Crippen LogP contribution >= 0.6 is 0 Å². The molecule has 0 spiro atoms. The van der Waals surface area contributed by atoms with E-state index in [-0.39, 0.29) is 0 Å². The van der Waals surface area contributed by atoms with Crippen LogP contribution in [0.5, 0.6) is 0 Å². The van der Waals surface area contributed by atoms with Gasteiger partial charge >= 0.3 is 29.8 Å². The Kier molecular flexibility index (Phi) is 17.2. The fourth-order valence-electron chi connectivity index (χ4n) is 2.90. The zero-order chi connectivity index (χ0) is 33.5. The maximum absolute atomic E-state index is 10.2. The van der Waals surface area contributed by atoms with Crippen molar-refractivity contribution in [2.75, 3.05) is 0 Å². The topological polar surface area (TPSA) is 186 Å². The van der Waals surface area contributed by atoms with Gasteiger partial charge in [-0.1, -0.05) is 91.0 Å². The summed E-state index contributed by atoms with van der Waals surface area (Å²) in [6.45, 7) is 0. The molecule has 0 aromatic heterocycles. The minimum Gasteiger partial charge on any atom is -0.478 e. The van der Waals surface area contributed by atoms with Crippen molar-refractivity contribution in [3.63, 3.8) is 0 Å². The molecule has 10 heteroatoms. The molecule has 5 aromatic carbocycles. The Morgan fingerprint density at radius 2 is 0.356 bits per heavy atom. The fraction of sp³-hybridized carbons (Fsp3) is 0. The third-order valence-corrected chi connectivity index (χ3v) is 5.10. The molecule has 0 unspecified atom stereocenters. The van der Waals surface area contributed by atoms with Gasteiger partial charge in [0.25, 0.3) is 0 Å². The van der Waals surface area contributed by atoms with Crippen LogP contribution in [0.2, 0.25) is 0 Å². The molecule has 0 saturated heterocycles. The zero-order valence-corrected chi connectivity index (χ0v) is 23.7. The third kappa shape index (κ3) is 16.5. The van der Waals surface area contributed by atoms with Crippen LogP contribution in [0, 0.1) is 0 Å². The van der Waals surface area contributed by atoms with Crippen LogP contribution in [-0.4, -0.2) is 55.4 Å². The molecule has 0 amide bonds. The largest absolute Gasteiger partial charge is 0.478 e. The van der Waals surface area contributed by atoms with Crippen molar-refractivity contribution in [2.24, 2.45) is 0 Å². The maximum Gasteiger partial charge on any atom is 0.335 e. The summed E-state index contributed by atoms with van der Waals surface area (Å²) in [4.78, 5) is 51.0. The SMILES string of the molecule is O=C(O)c1ccccc1.O=C(O)c1ccccc1.O=C(O)c1ccccc1.O=C(O)c1ccccc1.O=C(O)c1ccccc1. The van der Waals surface area contributed by atoms with Crippen molar-refractivity contribution in [2.45, 2.75) is 0 Å². The quantitative estimate of drug-likeness (QED) is 0.140. The average Bonchev–Trinajstić information content (AvgIpc) is 3.08. The lowest BCUT2D eigenvalue weighted by Crippen LogP contribution is -1.93. The van der Waals surface area contributed by atoms with Crippen molar-refractivity contribution in [1.29, 1.82) is 0 Å². The highest BCUT2D eigenvalue weighted by Crippen LogP contribution is 1.99.